The maximum atomic E-state index is 5.25. The summed E-state index contributed by atoms with van der Waals surface area (Å²) in [6.45, 7) is 0. The summed E-state index contributed by atoms with van der Waals surface area (Å²) in [5.74, 6) is 0.703. The molecule has 10 rings (SSSR count). The average molecular weight is 714 g/mol. The summed E-state index contributed by atoms with van der Waals surface area (Å²) in [6, 6.07) is 74.7. The van der Waals surface area contributed by atoms with Crippen LogP contribution in [0, 0.1) is 0 Å². The molecule has 3 nitrogen and oxygen atoms in total. The molecular formula is C53H35N3. The number of pyridine rings is 1. The lowest BCUT2D eigenvalue weighted by molar-refractivity contribution is 1.18. The summed E-state index contributed by atoms with van der Waals surface area (Å²) < 4.78 is 0. The van der Waals surface area contributed by atoms with Crippen LogP contribution in [0.5, 0.6) is 0 Å². The van der Waals surface area contributed by atoms with Gasteiger partial charge in [0.25, 0.3) is 0 Å². The van der Waals surface area contributed by atoms with E-state index < -0.39 is 0 Å². The van der Waals surface area contributed by atoms with Gasteiger partial charge in [0.1, 0.15) is 0 Å². The van der Waals surface area contributed by atoms with Gasteiger partial charge < -0.3 is 0 Å². The summed E-state index contributed by atoms with van der Waals surface area (Å²) in [6.07, 6.45) is 0. The quantitative estimate of drug-likeness (QED) is 0.165. The fraction of sp³-hybridized carbons (Fsp3) is 0. The third-order valence-electron chi connectivity index (χ3n) is 10.5. The molecule has 0 aliphatic carbocycles. The number of nitrogens with zero attached hydrogens (tertiary/aromatic N) is 3. The summed E-state index contributed by atoms with van der Waals surface area (Å²) >= 11 is 0. The highest BCUT2D eigenvalue weighted by Gasteiger charge is 2.13. The van der Waals surface area contributed by atoms with E-state index in [4.69, 9.17) is 15.0 Å². The van der Waals surface area contributed by atoms with Gasteiger partial charge in [-0.25, -0.2) is 15.0 Å². The average Bonchev–Trinajstić information content (AvgIpc) is 3.29. The first-order chi connectivity index (χ1) is 27.7. The van der Waals surface area contributed by atoms with Gasteiger partial charge in [-0.05, 0) is 74.1 Å². The Bertz CT molecular complexity index is 2840. The Morgan fingerprint density at radius 2 is 0.554 bits per heavy atom. The van der Waals surface area contributed by atoms with Gasteiger partial charge in [-0.15, -0.1) is 0 Å². The van der Waals surface area contributed by atoms with Crippen LogP contribution in [0.25, 0.3) is 100 Å². The van der Waals surface area contributed by atoms with Crippen LogP contribution in [0.1, 0.15) is 0 Å². The number of aromatic nitrogens is 3. The van der Waals surface area contributed by atoms with Crippen molar-refractivity contribution < 1.29 is 0 Å². The van der Waals surface area contributed by atoms with E-state index in [1.165, 1.54) is 21.5 Å². The topological polar surface area (TPSA) is 38.7 Å². The van der Waals surface area contributed by atoms with Crippen molar-refractivity contribution in [3.8, 4) is 78.7 Å². The second-order valence-corrected chi connectivity index (χ2v) is 14.1. The van der Waals surface area contributed by atoms with E-state index in [-0.39, 0.29) is 0 Å². The van der Waals surface area contributed by atoms with Crippen molar-refractivity contribution in [1.29, 1.82) is 0 Å². The van der Waals surface area contributed by atoms with Crippen LogP contribution < -0.4 is 0 Å². The first-order valence-corrected chi connectivity index (χ1v) is 18.9. The maximum Gasteiger partial charge on any atom is 0.160 e. The summed E-state index contributed by atoms with van der Waals surface area (Å²) in [7, 11) is 0. The zero-order valence-corrected chi connectivity index (χ0v) is 30.5. The number of fused-ring (bicyclic) bond motifs is 2. The highest BCUT2D eigenvalue weighted by atomic mass is 14.9. The van der Waals surface area contributed by atoms with E-state index in [0.29, 0.717) is 5.82 Å². The molecule has 0 aliphatic heterocycles. The molecule has 0 radical (unpaired) electrons. The molecule has 56 heavy (non-hydrogen) atoms. The van der Waals surface area contributed by atoms with E-state index in [2.05, 4.69) is 176 Å². The molecule has 0 bridgehead atoms. The molecule has 0 aliphatic rings. The molecule has 2 heterocycles. The molecule has 0 spiro atoms. The van der Waals surface area contributed by atoms with Gasteiger partial charge in [-0.2, -0.15) is 0 Å². The number of benzene rings is 8. The molecule has 0 fully saturated rings. The van der Waals surface area contributed by atoms with Gasteiger partial charge in [0.15, 0.2) is 5.82 Å². The zero-order chi connectivity index (χ0) is 37.3. The Morgan fingerprint density at radius 3 is 1.02 bits per heavy atom. The number of rotatable bonds is 7. The molecule has 0 atom stereocenters. The van der Waals surface area contributed by atoms with Gasteiger partial charge in [-0.3, -0.25) is 0 Å². The number of hydrogen-bond donors (Lipinski definition) is 0. The minimum atomic E-state index is 0.703. The Kier molecular flexibility index (Phi) is 8.51. The Hall–Kier alpha value is -7.49. The maximum absolute atomic E-state index is 5.25. The highest BCUT2D eigenvalue weighted by Crippen LogP contribution is 2.35. The first-order valence-electron chi connectivity index (χ1n) is 18.9. The predicted octanol–water partition coefficient (Wildman–Crippen LogP) is 13.8. The molecule has 0 N–H and O–H groups in total. The summed E-state index contributed by atoms with van der Waals surface area (Å²) in [5.41, 5.74) is 13.5. The van der Waals surface area contributed by atoms with Gasteiger partial charge in [0.05, 0.1) is 22.8 Å². The fourth-order valence-corrected chi connectivity index (χ4v) is 7.45. The Morgan fingerprint density at radius 1 is 0.196 bits per heavy atom. The van der Waals surface area contributed by atoms with Gasteiger partial charge in [0.2, 0.25) is 0 Å². The Balaban J connectivity index is 0.994. The predicted molar refractivity (Wildman–Crippen MR) is 233 cm³/mol. The minimum Gasteiger partial charge on any atom is -0.248 e. The van der Waals surface area contributed by atoms with E-state index in [9.17, 15) is 0 Å². The van der Waals surface area contributed by atoms with Crippen molar-refractivity contribution in [2.45, 2.75) is 0 Å². The molecule has 8 aromatic carbocycles. The highest BCUT2D eigenvalue weighted by molar-refractivity contribution is 5.90. The first kappa shape index (κ1) is 33.1. The van der Waals surface area contributed by atoms with Crippen LogP contribution in [0.3, 0.4) is 0 Å². The van der Waals surface area contributed by atoms with Crippen LogP contribution in [0.2, 0.25) is 0 Å². The van der Waals surface area contributed by atoms with E-state index >= 15 is 0 Å². The molecule has 262 valence electrons. The number of hydrogen-bond acceptors (Lipinski definition) is 3. The summed E-state index contributed by atoms with van der Waals surface area (Å²) in [4.78, 5) is 15.3. The molecule has 2 aromatic heterocycles. The van der Waals surface area contributed by atoms with E-state index in [1.807, 2.05) is 36.4 Å². The summed E-state index contributed by atoms with van der Waals surface area (Å²) in [5, 5.41) is 4.84. The lowest BCUT2D eigenvalue weighted by atomic mass is 9.96. The molecule has 0 unspecified atom stereocenters. The molecule has 0 saturated heterocycles. The molecule has 3 heteroatoms. The normalized spacial score (nSPS) is 11.2. The third kappa shape index (κ3) is 6.63. The molecule has 0 amide bonds. The molecular weight excluding hydrogens is 679 g/mol. The van der Waals surface area contributed by atoms with Crippen molar-refractivity contribution in [3.05, 3.63) is 212 Å². The van der Waals surface area contributed by atoms with Crippen molar-refractivity contribution in [2.24, 2.45) is 0 Å². The van der Waals surface area contributed by atoms with Gasteiger partial charge in [0, 0.05) is 27.8 Å². The second-order valence-electron chi connectivity index (χ2n) is 14.1. The standard InChI is InChI=1S/C53H35N3/c1-3-13-41(14-4-1)51-35-52(42-15-5-2-6-16-42)56-53(55-51)43-27-23-39(24-28-43)38-19-21-40(22-20-38)48-33-49(46-29-25-36-11-7-9-17-44(36)31-46)54-50(34-48)47-30-26-37-12-8-10-18-45(37)32-47/h1-35H. The van der Waals surface area contributed by atoms with Crippen molar-refractivity contribution in [3.63, 3.8) is 0 Å². The van der Waals surface area contributed by atoms with Crippen molar-refractivity contribution >= 4 is 21.5 Å². The monoisotopic (exact) mass is 713 g/mol. The van der Waals surface area contributed by atoms with E-state index in [0.717, 1.165) is 72.8 Å². The van der Waals surface area contributed by atoms with Crippen LogP contribution in [-0.4, -0.2) is 15.0 Å². The SMILES string of the molecule is c1ccc(-c2cc(-c3ccccc3)nc(-c3ccc(-c4ccc(-c5cc(-c6ccc7ccccc7c6)nc(-c6ccc7ccccc7c6)c5)cc4)cc3)n2)cc1. The van der Waals surface area contributed by atoms with Crippen LogP contribution in [0.4, 0.5) is 0 Å². The zero-order valence-electron chi connectivity index (χ0n) is 30.5. The van der Waals surface area contributed by atoms with E-state index in [1.54, 1.807) is 0 Å². The van der Waals surface area contributed by atoms with Gasteiger partial charge >= 0.3 is 0 Å². The molecule has 10 aromatic rings. The largest absolute Gasteiger partial charge is 0.248 e. The van der Waals surface area contributed by atoms with Crippen LogP contribution in [0.15, 0.2) is 212 Å². The minimum absolute atomic E-state index is 0.703. The van der Waals surface area contributed by atoms with Crippen molar-refractivity contribution in [1.82, 2.24) is 15.0 Å². The lowest BCUT2D eigenvalue weighted by Crippen LogP contribution is -1.95. The third-order valence-corrected chi connectivity index (χ3v) is 10.5. The second kappa shape index (κ2) is 14.4. The van der Waals surface area contributed by atoms with Gasteiger partial charge in [-0.1, -0.05) is 182 Å². The Labute approximate surface area is 326 Å². The fourth-order valence-electron chi connectivity index (χ4n) is 7.45. The van der Waals surface area contributed by atoms with Crippen LogP contribution in [-0.2, 0) is 0 Å². The smallest absolute Gasteiger partial charge is 0.160 e. The lowest BCUT2D eigenvalue weighted by Gasteiger charge is -2.12. The van der Waals surface area contributed by atoms with Crippen molar-refractivity contribution in [2.75, 3.05) is 0 Å². The molecule has 0 saturated carbocycles. The van der Waals surface area contributed by atoms with Crippen LogP contribution >= 0.6 is 0 Å².